The average Bonchev–Trinajstić information content (AvgIpc) is 2.27. The van der Waals surface area contributed by atoms with Crippen molar-refractivity contribution in [3.8, 4) is 0 Å². The van der Waals surface area contributed by atoms with Gasteiger partial charge in [0.25, 0.3) is 0 Å². The maximum atomic E-state index is 13.1. The predicted octanol–water partition coefficient (Wildman–Crippen LogP) is 4.00. The van der Waals surface area contributed by atoms with E-state index in [0.29, 0.717) is 10.9 Å². The number of fused-ring (bicyclic) bond motifs is 1. The van der Waals surface area contributed by atoms with Crippen molar-refractivity contribution in [2.45, 2.75) is 12.2 Å². The lowest BCUT2D eigenvalue weighted by atomic mass is 9.98. The van der Waals surface area contributed by atoms with Crippen LogP contribution in [0.15, 0.2) is 42.5 Å². The molecule has 0 N–H and O–H groups in total. The standard InChI is InChI=1S/C14H14F3N/c1-18(2)13(14(15,16)17)12-9-5-7-10-6-3-4-8-11(10)12/h3-9,13H,1-2H3. The molecule has 0 radical (unpaired) electrons. The summed E-state index contributed by atoms with van der Waals surface area (Å²) in [5.74, 6) is 0. The first-order chi connectivity index (χ1) is 8.41. The first kappa shape index (κ1) is 12.9. The summed E-state index contributed by atoms with van der Waals surface area (Å²) >= 11 is 0. The Kier molecular flexibility index (Phi) is 3.30. The van der Waals surface area contributed by atoms with Crippen LogP contribution in [-0.2, 0) is 0 Å². The SMILES string of the molecule is CN(C)C(c1cccc2ccccc12)C(F)(F)F. The monoisotopic (exact) mass is 253 g/mol. The Morgan fingerprint density at radius 2 is 1.56 bits per heavy atom. The first-order valence-corrected chi connectivity index (χ1v) is 5.62. The van der Waals surface area contributed by atoms with E-state index < -0.39 is 12.2 Å². The molecule has 0 fully saturated rings. The smallest absolute Gasteiger partial charge is 0.295 e. The van der Waals surface area contributed by atoms with Crippen LogP contribution in [0.4, 0.5) is 13.2 Å². The summed E-state index contributed by atoms with van der Waals surface area (Å²) in [5, 5.41) is 1.47. The molecule has 0 aliphatic heterocycles. The molecular weight excluding hydrogens is 239 g/mol. The van der Waals surface area contributed by atoms with Gasteiger partial charge in [-0.25, -0.2) is 0 Å². The molecule has 0 bridgehead atoms. The Hall–Kier alpha value is -1.55. The highest BCUT2D eigenvalue weighted by atomic mass is 19.4. The second kappa shape index (κ2) is 4.61. The van der Waals surface area contributed by atoms with Gasteiger partial charge >= 0.3 is 6.18 Å². The lowest BCUT2D eigenvalue weighted by Crippen LogP contribution is -2.33. The van der Waals surface area contributed by atoms with Gasteiger partial charge in [-0.1, -0.05) is 42.5 Å². The lowest BCUT2D eigenvalue weighted by Gasteiger charge is -2.28. The van der Waals surface area contributed by atoms with Gasteiger partial charge in [-0.05, 0) is 30.4 Å². The molecule has 0 saturated heterocycles. The minimum atomic E-state index is -4.28. The van der Waals surface area contributed by atoms with Crippen molar-refractivity contribution >= 4 is 10.8 Å². The van der Waals surface area contributed by atoms with Crippen LogP contribution >= 0.6 is 0 Å². The third kappa shape index (κ3) is 2.34. The lowest BCUT2D eigenvalue weighted by molar-refractivity contribution is -0.179. The minimum absolute atomic E-state index is 0.297. The fourth-order valence-electron chi connectivity index (χ4n) is 2.24. The highest BCUT2D eigenvalue weighted by molar-refractivity contribution is 5.86. The maximum Gasteiger partial charge on any atom is 0.408 e. The second-order valence-electron chi connectivity index (χ2n) is 4.48. The molecule has 18 heavy (non-hydrogen) atoms. The summed E-state index contributed by atoms with van der Waals surface area (Å²) in [4.78, 5) is 1.20. The summed E-state index contributed by atoms with van der Waals surface area (Å²) in [6.07, 6.45) is -4.28. The van der Waals surface area contributed by atoms with Crippen molar-refractivity contribution in [3.05, 3.63) is 48.0 Å². The number of halogens is 3. The number of alkyl halides is 3. The average molecular weight is 253 g/mol. The Bertz CT molecular complexity index is 541. The number of hydrogen-bond acceptors (Lipinski definition) is 1. The van der Waals surface area contributed by atoms with Crippen LogP contribution in [0.25, 0.3) is 10.8 Å². The molecule has 0 spiro atoms. The highest BCUT2D eigenvalue weighted by Gasteiger charge is 2.42. The van der Waals surface area contributed by atoms with Gasteiger partial charge < -0.3 is 0 Å². The largest absolute Gasteiger partial charge is 0.408 e. The van der Waals surface area contributed by atoms with Crippen molar-refractivity contribution in [1.29, 1.82) is 0 Å². The van der Waals surface area contributed by atoms with E-state index in [1.54, 1.807) is 24.3 Å². The van der Waals surface area contributed by atoms with Crippen LogP contribution in [0.1, 0.15) is 11.6 Å². The normalized spacial score (nSPS) is 14.1. The van der Waals surface area contributed by atoms with Crippen molar-refractivity contribution < 1.29 is 13.2 Å². The second-order valence-corrected chi connectivity index (χ2v) is 4.48. The number of rotatable bonds is 2. The molecule has 0 heterocycles. The molecule has 2 rings (SSSR count). The van der Waals surface area contributed by atoms with Crippen molar-refractivity contribution in [2.24, 2.45) is 0 Å². The van der Waals surface area contributed by atoms with Crippen molar-refractivity contribution in [2.75, 3.05) is 14.1 Å². The fraction of sp³-hybridized carbons (Fsp3) is 0.286. The molecule has 0 aliphatic rings. The van der Waals surface area contributed by atoms with E-state index in [1.165, 1.54) is 19.0 Å². The molecule has 96 valence electrons. The molecule has 1 nitrogen and oxygen atoms in total. The van der Waals surface area contributed by atoms with Crippen LogP contribution < -0.4 is 0 Å². The van der Waals surface area contributed by atoms with Gasteiger partial charge in [0.15, 0.2) is 0 Å². The Balaban J connectivity index is 2.65. The first-order valence-electron chi connectivity index (χ1n) is 5.62. The fourth-order valence-corrected chi connectivity index (χ4v) is 2.24. The minimum Gasteiger partial charge on any atom is -0.295 e. The molecule has 2 aromatic rings. The van der Waals surface area contributed by atoms with Gasteiger partial charge in [0.1, 0.15) is 6.04 Å². The third-order valence-electron chi connectivity index (χ3n) is 2.94. The summed E-state index contributed by atoms with van der Waals surface area (Å²) in [5.41, 5.74) is 0.297. The zero-order chi connectivity index (χ0) is 13.3. The maximum absolute atomic E-state index is 13.1. The Morgan fingerprint density at radius 3 is 2.17 bits per heavy atom. The number of benzene rings is 2. The predicted molar refractivity (Wildman–Crippen MR) is 66.4 cm³/mol. The van der Waals surface area contributed by atoms with E-state index in [0.717, 1.165) is 5.39 Å². The highest BCUT2D eigenvalue weighted by Crippen LogP contribution is 2.39. The van der Waals surface area contributed by atoms with Crippen molar-refractivity contribution in [1.82, 2.24) is 4.90 Å². The van der Waals surface area contributed by atoms with Gasteiger partial charge in [-0.15, -0.1) is 0 Å². The summed E-state index contributed by atoms with van der Waals surface area (Å²) in [6.45, 7) is 0. The van der Waals surface area contributed by atoms with Gasteiger partial charge in [-0.2, -0.15) is 13.2 Å². The molecule has 1 unspecified atom stereocenters. The van der Waals surface area contributed by atoms with Crippen LogP contribution in [0.5, 0.6) is 0 Å². The van der Waals surface area contributed by atoms with Crippen LogP contribution in [0.3, 0.4) is 0 Å². The molecule has 1 atom stereocenters. The molecule has 0 aromatic heterocycles. The van der Waals surface area contributed by atoms with Gasteiger partial charge in [0.05, 0.1) is 0 Å². The molecule has 0 amide bonds. The van der Waals surface area contributed by atoms with E-state index in [9.17, 15) is 13.2 Å². The molecule has 0 saturated carbocycles. The van der Waals surface area contributed by atoms with E-state index in [-0.39, 0.29) is 0 Å². The van der Waals surface area contributed by atoms with Crippen LogP contribution in [0, 0.1) is 0 Å². The zero-order valence-electron chi connectivity index (χ0n) is 10.2. The third-order valence-corrected chi connectivity index (χ3v) is 2.94. The van der Waals surface area contributed by atoms with Gasteiger partial charge in [-0.3, -0.25) is 4.90 Å². The Labute approximate surface area is 104 Å². The number of hydrogen-bond donors (Lipinski definition) is 0. The molecular formula is C14H14F3N. The molecule has 4 heteroatoms. The van der Waals surface area contributed by atoms with Gasteiger partial charge in [0, 0.05) is 0 Å². The summed E-state index contributed by atoms with van der Waals surface area (Å²) < 4.78 is 39.4. The van der Waals surface area contributed by atoms with Gasteiger partial charge in [0.2, 0.25) is 0 Å². The van der Waals surface area contributed by atoms with E-state index in [2.05, 4.69) is 0 Å². The van der Waals surface area contributed by atoms with Crippen LogP contribution in [-0.4, -0.2) is 25.2 Å². The van der Waals surface area contributed by atoms with Crippen LogP contribution in [0.2, 0.25) is 0 Å². The summed E-state index contributed by atoms with van der Waals surface area (Å²) in [7, 11) is 2.89. The van der Waals surface area contributed by atoms with E-state index >= 15 is 0 Å². The molecule has 2 aromatic carbocycles. The number of nitrogens with zero attached hydrogens (tertiary/aromatic N) is 1. The van der Waals surface area contributed by atoms with E-state index in [4.69, 9.17) is 0 Å². The zero-order valence-corrected chi connectivity index (χ0v) is 10.2. The topological polar surface area (TPSA) is 3.24 Å². The Morgan fingerprint density at radius 1 is 0.944 bits per heavy atom. The van der Waals surface area contributed by atoms with E-state index in [1.807, 2.05) is 18.2 Å². The molecule has 0 aliphatic carbocycles. The quantitative estimate of drug-likeness (QED) is 0.781. The summed E-state index contributed by atoms with van der Waals surface area (Å²) in [6, 6.07) is 10.6. The van der Waals surface area contributed by atoms with Crippen molar-refractivity contribution in [3.63, 3.8) is 0 Å².